The molecule has 15 heavy (non-hydrogen) atoms. The predicted molar refractivity (Wildman–Crippen MR) is 68.3 cm³/mol. The fourth-order valence-corrected chi connectivity index (χ4v) is 2.66. The molecule has 1 saturated carbocycles. The number of rotatable bonds is 1. The first-order chi connectivity index (χ1) is 7.25. The van der Waals surface area contributed by atoms with Crippen LogP contribution in [0.25, 0.3) is 0 Å². The van der Waals surface area contributed by atoms with E-state index in [2.05, 4.69) is 38.1 Å². The molecule has 1 aromatic carbocycles. The highest BCUT2D eigenvalue weighted by atomic mass is 14.2. The van der Waals surface area contributed by atoms with Crippen molar-refractivity contribution in [2.24, 2.45) is 5.92 Å². The minimum absolute atomic E-state index is 0. The second-order valence-electron chi connectivity index (χ2n) is 5.22. The average molecular weight is 204 g/mol. The molecular weight excluding hydrogens is 180 g/mol. The smallest absolute Gasteiger partial charge is 0 e. The summed E-state index contributed by atoms with van der Waals surface area (Å²) in [4.78, 5) is 0. The highest BCUT2D eigenvalue weighted by Gasteiger charge is 2.17. The van der Waals surface area contributed by atoms with Gasteiger partial charge in [-0.3, -0.25) is 0 Å². The van der Waals surface area contributed by atoms with Crippen LogP contribution in [0.3, 0.4) is 0 Å². The molecule has 84 valence electrons. The Morgan fingerprint density at radius 2 is 1.73 bits per heavy atom. The van der Waals surface area contributed by atoms with E-state index in [9.17, 15) is 0 Å². The van der Waals surface area contributed by atoms with Crippen LogP contribution < -0.4 is 0 Å². The van der Waals surface area contributed by atoms with Gasteiger partial charge in [0, 0.05) is 1.43 Å². The number of aryl methyl sites for hydroxylation is 1. The van der Waals surface area contributed by atoms with Gasteiger partial charge in [0.25, 0.3) is 0 Å². The highest BCUT2D eigenvalue weighted by molar-refractivity contribution is 5.24. The molecule has 0 N–H and O–H groups in total. The van der Waals surface area contributed by atoms with Gasteiger partial charge in [-0.2, -0.15) is 0 Å². The summed E-state index contributed by atoms with van der Waals surface area (Å²) in [5.41, 5.74) is 2.94. The first-order valence-corrected chi connectivity index (χ1v) is 6.32. The van der Waals surface area contributed by atoms with Gasteiger partial charge in [-0.15, -0.1) is 0 Å². The molecule has 1 aliphatic carbocycles. The van der Waals surface area contributed by atoms with Gasteiger partial charge in [0.15, 0.2) is 0 Å². The standard InChI is InChI=1S/C15H22.H2/c1-12-4-3-5-14(9-6-12)15-10-7-13(2)8-11-15;/h7-8,10-12,14H,3-6,9H2,1-2H3;1H. The summed E-state index contributed by atoms with van der Waals surface area (Å²) in [5.74, 6) is 1.77. The Morgan fingerprint density at radius 1 is 1.00 bits per heavy atom. The molecule has 0 spiro atoms. The molecule has 0 nitrogen and oxygen atoms in total. The maximum Gasteiger partial charge on any atom is 0 e. The maximum atomic E-state index is 2.40. The van der Waals surface area contributed by atoms with Crippen LogP contribution in [0.5, 0.6) is 0 Å². The van der Waals surface area contributed by atoms with E-state index in [1.165, 1.54) is 37.7 Å². The molecule has 0 saturated heterocycles. The van der Waals surface area contributed by atoms with Crippen molar-refractivity contribution in [3.05, 3.63) is 35.4 Å². The van der Waals surface area contributed by atoms with Crippen molar-refractivity contribution in [3.63, 3.8) is 0 Å². The lowest BCUT2D eigenvalue weighted by molar-refractivity contribution is 0.499. The molecule has 0 heterocycles. The van der Waals surface area contributed by atoms with Crippen LogP contribution in [0, 0.1) is 12.8 Å². The van der Waals surface area contributed by atoms with Gasteiger partial charge in [0.2, 0.25) is 0 Å². The number of benzene rings is 1. The van der Waals surface area contributed by atoms with Crippen molar-refractivity contribution >= 4 is 0 Å². The van der Waals surface area contributed by atoms with Gasteiger partial charge in [-0.25, -0.2) is 0 Å². The molecule has 2 atom stereocenters. The molecule has 1 aromatic rings. The lowest BCUT2D eigenvalue weighted by Gasteiger charge is -2.14. The van der Waals surface area contributed by atoms with Crippen LogP contribution in [0.1, 0.15) is 57.5 Å². The highest BCUT2D eigenvalue weighted by Crippen LogP contribution is 2.33. The third kappa shape index (κ3) is 2.84. The van der Waals surface area contributed by atoms with Crippen LogP contribution in [0.15, 0.2) is 24.3 Å². The van der Waals surface area contributed by atoms with E-state index in [4.69, 9.17) is 0 Å². The Kier molecular flexibility index (Phi) is 3.45. The monoisotopic (exact) mass is 204 g/mol. The summed E-state index contributed by atoms with van der Waals surface area (Å²) >= 11 is 0. The Balaban J connectivity index is 0.00000128. The van der Waals surface area contributed by atoms with Crippen LogP contribution in [-0.2, 0) is 0 Å². The Bertz CT molecular complexity index is 302. The van der Waals surface area contributed by atoms with Crippen molar-refractivity contribution in [3.8, 4) is 0 Å². The molecule has 0 radical (unpaired) electrons. The first-order valence-electron chi connectivity index (χ1n) is 6.32. The molecule has 0 bridgehead atoms. The third-order valence-corrected chi connectivity index (χ3v) is 3.81. The topological polar surface area (TPSA) is 0 Å². The van der Waals surface area contributed by atoms with E-state index < -0.39 is 0 Å². The zero-order valence-corrected chi connectivity index (χ0v) is 10.00. The normalized spacial score (nSPS) is 27.3. The molecule has 0 aromatic heterocycles. The number of hydrogen-bond donors (Lipinski definition) is 0. The third-order valence-electron chi connectivity index (χ3n) is 3.81. The second-order valence-corrected chi connectivity index (χ2v) is 5.22. The average Bonchev–Trinajstić information content (AvgIpc) is 2.44. The molecule has 2 unspecified atom stereocenters. The van der Waals surface area contributed by atoms with Gasteiger partial charge in [-0.05, 0) is 37.2 Å². The Hall–Kier alpha value is -0.780. The van der Waals surface area contributed by atoms with E-state index in [1.807, 2.05) is 0 Å². The van der Waals surface area contributed by atoms with Crippen molar-refractivity contribution in [2.75, 3.05) is 0 Å². The van der Waals surface area contributed by atoms with Crippen molar-refractivity contribution < 1.29 is 1.43 Å². The van der Waals surface area contributed by atoms with Crippen LogP contribution in [0.4, 0.5) is 0 Å². The zero-order chi connectivity index (χ0) is 10.7. The molecule has 0 heteroatoms. The SMILES string of the molecule is Cc1ccc(C2CCCC(C)CC2)cc1.[HH]. The van der Waals surface area contributed by atoms with Crippen molar-refractivity contribution in [1.82, 2.24) is 0 Å². The van der Waals surface area contributed by atoms with Crippen molar-refractivity contribution in [2.45, 2.75) is 51.9 Å². The minimum Gasteiger partial charge on any atom is -0.0625 e. The fraction of sp³-hybridized carbons (Fsp3) is 0.600. The van der Waals surface area contributed by atoms with E-state index in [0.717, 1.165) is 11.8 Å². The van der Waals surface area contributed by atoms with E-state index in [0.29, 0.717) is 0 Å². The van der Waals surface area contributed by atoms with E-state index >= 15 is 0 Å². The summed E-state index contributed by atoms with van der Waals surface area (Å²) in [6.07, 6.45) is 7.05. The molecule has 2 rings (SSSR count). The second kappa shape index (κ2) is 4.83. The quantitative estimate of drug-likeness (QED) is 0.569. The van der Waals surface area contributed by atoms with Gasteiger partial charge in [0.05, 0.1) is 0 Å². The van der Waals surface area contributed by atoms with Gasteiger partial charge in [-0.1, -0.05) is 56.0 Å². The summed E-state index contributed by atoms with van der Waals surface area (Å²) in [6, 6.07) is 9.17. The van der Waals surface area contributed by atoms with Gasteiger partial charge >= 0.3 is 0 Å². The summed E-state index contributed by atoms with van der Waals surface area (Å²) in [7, 11) is 0. The zero-order valence-electron chi connectivity index (χ0n) is 10.00. The van der Waals surface area contributed by atoms with E-state index in [1.54, 1.807) is 5.56 Å². The largest absolute Gasteiger partial charge is 0.0625 e. The predicted octanol–water partition coefficient (Wildman–Crippen LogP) is 4.92. The maximum absolute atomic E-state index is 2.40. The summed E-state index contributed by atoms with van der Waals surface area (Å²) < 4.78 is 0. The van der Waals surface area contributed by atoms with E-state index in [-0.39, 0.29) is 1.43 Å². The van der Waals surface area contributed by atoms with Gasteiger partial charge < -0.3 is 0 Å². The Morgan fingerprint density at radius 3 is 2.47 bits per heavy atom. The fourth-order valence-electron chi connectivity index (χ4n) is 2.66. The molecule has 0 amide bonds. The Labute approximate surface area is 95.2 Å². The lowest BCUT2D eigenvalue weighted by atomic mass is 9.91. The molecule has 0 aliphatic heterocycles. The van der Waals surface area contributed by atoms with Crippen LogP contribution >= 0.6 is 0 Å². The number of hydrogen-bond acceptors (Lipinski definition) is 0. The van der Waals surface area contributed by atoms with Crippen LogP contribution in [-0.4, -0.2) is 0 Å². The summed E-state index contributed by atoms with van der Waals surface area (Å²) in [5, 5.41) is 0. The van der Waals surface area contributed by atoms with Crippen LogP contribution in [0.2, 0.25) is 0 Å². The molecule has 1 aliphatic rings. The van der Waals surface area contributed by atoms with Gasteiger partial charge in [0.1, 0.15) is 0 Å². The van der Waals surface area contributed by atoms with Crippen molar-refractivity contribution in [1.29, 1.82) is 0 Å². The summed E-state index contributed by atoms with van der Waals surface area (Å²) in [6.45, 7) is 4.57. The molecular formula is C15H24. The minimum atomic E-state index is 0. The molecule has 1 fully saturated rings. The first kappa shape index (κ1) is 10.7. The lowest BCUT2D eigenvalue weighted by Crippen LogP contribution is -1.97.